The Bertz CT molecular complexity index is 854. The molecule has 6 nitrogen and oxygen atoms in total. The molecule has 8 heteroatoms. The minimum atomic E-state index is -0.333. The van der Waals surface area contributed by atoms with Gasteiger partial charge in [-0.05, 0) is 42.4 Å². The van der Waals surface area contributed by atoms with Gasteiger partial charge >= 0.3 is 0 Å². The van der Waals surface area contributed by atoms with Crippen LogP contribution in [0, 0.1) is 16.5 Å². The number of amides is 1. The van der Waals surface area contributed by atoms with Crippen LogP contribution in [0.1, 0.15) is 37.2 Å². The van der Waals surface area contributed by atoms with Crippen LogP contribution in [0.15, 0.2) is 30.5 Å². The highest BCUT2D eigenvalue weighted by atomic mass is 32.1. The molecule has 2 N–H and O–H groups in total. The van der Waals surface area contributed by atoms with Crippen molar-refractivity contribution in [2.45, 2.75) is 32.7 Å². The number of benzene rings is 1. The lowest BCUT2D eigenvalue weighted by molar-refractivity contribution is 0.00189. The number of carbonyl (C=O) groups excluding carboxylic acids is 1. The molecule has 1 aromatic heterocycles. The summed E-state index contributed by atoms with van der Waals surface area (Å²) in [6.07, 6.45) is 3.72. The molecule has 3 rings (SSSR count). The molecule has 1 unspecified atom stereocenters. The van der Waals surface area contributed by atoms with Crippen LogP contribution in [-0.2, 0) is 4.74 Å². The minimum absolute atomic E-state index is 0.203. The Morgan fingerprint density at radius 1 is 1.24 bits per heavy atom. The monoisotopic (exact) mass is 420 g/mol. The first-order chi connectivity index (χ1) is 14.0. The third-order valence-electron chi connectivity index (χ3n) is 5.67. The van der Waals surface area contributed by atoms with Gasteiger partial charge in [0.05, 0.1) is 13.2 Å². The summed E-state index contributed by atoms with van der Waals surface area (Å²) in [6, 6.07) is 6.19. The summed E-state index contributed by atoms with van der Waals surface area (Å²) < 4.78 is 20.8. The van der Waals surface area contributed by atoms with Crippen LogP contribution in [0.5, 0.6) is 0 Å². The number of morpholine rings is 1. The minimum Gasteiger partial charge on any atom is -0.379 e. The summed E-state index contributed by atoms with van der Waals surface area (Å²) in [7, 11) is 0. The van der Waals surface area contributed by atoms with Gasteiger partial charge in [0.2, 0.25) is 0 Å². The Morgan fingerprint density at radius 3 is 2.52 bits per heavy atom. The fourth-order valence-electron chi connectivity index (χ4n) is 4.01. The van der Waals surface area contributed by atoms with Gasteiger partial charge in [0.15, 0.2) is 4.77 Å². The molecule has 29 heavy (non-hydrogen) atoms. The van der Waals surface area contributed by atoms with Gasteiger partial charge in [-0.1, -0.05) is 26.7 Å². The Hall–Kier alpha value is -2.03. The van der Waals surface area contributed by atoms with E-state index in [1.54, 1.807) is 22.9 Å². The van der Waals surface area contributed by atoms with Crippen molar-refractivity contribution in [2.75, 3.05) is 32.8 Å². The van der Waals surface area contributed by atoms with Crippen molar-refractivity contribution < 1.29 is 13.9 Å². The molecular weight excluding hydrogens is 391 g/mol. The maximum Gasteiger partial charge on any atom is 0.269 e. The number of nitrogens with zero attached hydrogens (tertiary/aromatic N) is 2. The first-order valence-corrected chi connectivity index (χ1v) is 10.6. The zero-order chi connectivity index (χ0) is 20.8. The predicted molar refractivity (Wildman–Crippen MR) is 113 cm³/mol. The lowest BCUT2D eigenvalue weighted by Crippen LogP contribution is -2.52. The Balaban J connectivity index is 1.77. The van der Waals surface area contributed by atoms with Gasteiger partial charge in [-0.25, -0.2) is 4.39 Å². The molecule has 158 valence electrons. The number of H-pyrrole nitrogens is 1. The normalized spacial score (nSPS) is 16.1. The van der Waals surface area contributed by atoms with E-state index in [2.05, 4.69) is 29.0 Å². The maximum absolute atomic E-state index is 13.3. The van der Waals surface area contributed by atoms with Gasteiger partial charge in [0.25, 0.3) is 5.91 Å². The van der Waals surface area contributed by atoms with E-state index in [4.69, 9.17) is 17.0 Å². The number of hydrogen-bond donors (Lipinski definition) is 2. The lowest BCUT2D eigenvalue weighted by Gasteiger charge is -2.38. The second-order valence-corrected chi connectivity index (χ2v) is 7.68. The average molecular weight is 421 g/mol. The number of halogens is 1. The van der Waals surface area contributed by atoms with Crippen molar-refractivity contribution in [1.82, 2.24) is 19.8 Å². The molecule has 1 amide bonds. The zero-order valence-corrected chi connectivity index (χ0v) is 17.8. The van der Waals surface area contributed by atoms with E-state index in [1.807, 2.05) is 0 Å². The molecule has 0 aliphatic carbocycles. The highest BCUT2D eigenvalue weighted by molar-refractivity contribution is 7.71. The predicted octanol–water partition coefficient (Wildman–Crippen LogP) is 3.54. The van der Waals surface area contributed by atoms with Crippen molar-refractivity contribution in [3.63, 3.8) is 0 Å². The van der Waals surface area contributed by atoms with E-state index >= 15 is 0 Å². The summed E-state index contributed by atoms with van der Waals surface area (Å²) in [5.74, 6) is -0.0374. The lowest BCUT2D eigenvalue weighted by atomic mass is 9.92. The number of ether oxygens (including phenoxy) is 1. The fourth-order valence-corrected chi connectivity index (χ4v) is 4.27. The van der Waals surface area contributed by atoms with Crippen LogP contribution in [-0.4, -0.2) is 59.2 Å². The van der Waals surface area contributed by atoms with E-state index in [9.17, 15) is 9.18 Å². The Labute approximate surface area is 176 Å². The third kappa shape index (κ3) is 5.12. The molecule has 0 spiro atoms. The van der Waals surface area contributed by atoms with Gasteiger partial charge in [-0.3, -0.25) is 14.3 Å². The highest BCUT2D eigenvalue weighted by Gasteiger charge is 2.27. The summed E-state index contributed by atoms with van der Waals surface area (Å²) in [4.78, 5) is 18.3. The topological polar surface area (TPSA) is 62.3 Å². The van der Waals surface area contributed by atoms with Crippen molar-refractivity contribution >= 4 is 18.1 Å². The third-order valence-corrected chi connectivity index (χ3v) is 5.97. The van der Waals surface area contributed by atoms with E-state index in [0.29, 0.717) is 28.6 Å². The van der Waals surface area contributed by atoms with E-state index < -0.39 is 0 Å². The molecule has 1 fully saturated rings. The van der Waals surface area contributed by atoms with Crippen LogP contribution in [0.3, 0.4) is 0 Å². The molecule has 1 atom stereocenters. The molecule has 1 aliphatic heterocycles. The summed E-state index contributed by atoms with van der Waals surface area (Å²) in [5.41, 5.74) is 1.06. The Morgan fingerprint density at radius 2 is 1.90 bits per heavy atom. The molecular formula is C21H29FN4O2S. The first kappa shape index (κ1) is 21.7. The largest absolute Gasteiger partial charge is 0.379 e. The van der Waals surface area contributed by atoms with Gasteiger partial charge in [-0.2, -0.15) is 0 Å². The highest BCUT2D eigenvalue weighted by Crippen LogP contribution is 2.20. The van der Waals surface area contributed by atoms with E-state index in [0.717, 1.165) is 39.1 Å². The average Bonchev–Trinajstić information content (AvgIpc) is 3.13. The molecule has 1 aromatic carbocycles. The van der Waals surface area contributed by atoms with Gasteiger partial charge in [0, 0.05) is 37.6 Å². The first-order valence-electron chi connectivity index (χ1n) is 10.2. The van der Waals surface area contributed by atoms with Crippen molar-refractivity contribution in [2.24, 2.45) is 5.92 Å². The van der Waals surface area contributed by atoms with Crippen LogP contribution in [0.2, 0.25) is 0 Å². The van der Waals surface area contributed by atoms with Crippen LogP contribution in [0.25, 0.3) is 5.69 Å². The van der Waals surface area contributed by atoms with Crippen molar-refractivity contribution in [1.29, 1.82) is 0 Å². The smallest absolute Gasteiger partial charge is 0.269 e. The molecule has 0 bridgehead atoms. The summed E-state index contributed by atoms with van der Waals surface area (Å²) in [6.45, 7) is 8.17. The van der Waals surface area contributed by atoms with Gasteiger partial charge in [-0.15, -0.1) is 0 Å². The molecule has 1 aliphatic rings. The second kappa shape index (κ2) is 10.1. The molecule has 1 saturated heterocycles. The SMILES string of the molecule is CCC(CC)C(CNC(=O)c1c[nH]c(=S)n1-c1ccc(F)cc1)N1CCOCC1. The van der Waals surface area contributed by atoms with Crippen LogP contribution >= 0.6 is 12.2 Å². The van der Waals surface area contributed by atoms with Crippen LogP contribution < -0.4 is 5.32 Å². The zero-order valence-electron chi connectivity index (χ0n) is 17.0. The number of nitrogens with one attached hydrogen (secondary N) is 2. The number of hydrogen-bond acceptors (Lipinski definition) is 4. The summed E-state index contributed by atoms with van der Waals surface area (Å²) in [5, 5.41) is 3.10. The van der Waals surface area contributed by atoms with Crippen LogP contribution in [0.4, 0.5) is 4.39 Å². The fraction of sp³-hybridized carbons (Fsp3) is 0.524. The molecule has 0 saturated carbocycles. The standard InChI is InChI=1S/C21H29FN4O2S/c1-3-15(4-2)18(25-9-11-28-12-10-25)13-23-20(27)19-14-24-21(29)26(19)17-7-5-16(22)6-8-17/h5-8,14-15,18H,3-4,9-13H2,1-2H3,(H,23,27)(H,24,29). The maximum atomic E-state index is 13.3. The number of aromatic nitrogens is 2. The number of carbonyl (C=O) groups is 1. The van der Waals surface area contributed by atoms with Crippen molar-refractivity contribution in [3.8, 4) is 5.69 Å². The number of imidazole rings is 1. The van der Waals surface area contributed by atoms with Gasteiger partial charge < -0.3 is 15.0 Å². The summed E-state index contributed by atoms with van der Waals surface area (Å²) >= 11 is 5.34. The Kier molecular flexibility index (Phi) is 7.57. The van der Waals surface area contributed by atoms with E-state index in [-0.39, 0.29) is 17.8 Å². The van der Waals surface area contributed by atoms with E-state index in [1.165, 1.54) is 12.1 Å². The molecule has 0 radical (unpaired) electrons. The number of rotatable bonds is 8. The molecule has 2 heterocycles. The van der Waals surface area contributed by atoms with Crippen molar-refractivity contribution in [3.05, 3.63) is 46.7 Å². The number of aromatic amines is 1. The quantitative estimate of drug-likeness (QED) is 0.642. The van der Waals surface area contributed by atoms with Gasteiger partial charge in [0.1, 0.15) is 11.5 Å². The molecule has 2 aromatic rings. The second-order valence-electron chi connectivity index (χ2n) is 7.29.